The first-order chi connectivity index (χ1) is 9.72. The molecule has 0 fully saturated rings. The van der Waals surface area contributed by atoms with Crippen LogP contribution in [0, 0.1) is 0 Å². The molecule has 0 bridgehead atoms. The second-order valence-corrected chi connectivity index (χ2v) is 4.95. The van der Waals surface area contributed by atoms with Crippen molar-refractivity contribution in [3.63, 3.8) is 0 Å². The van der Waals surface area contributed by atoms with Gasteiger partial charge in [0, 0.05) is 6.04 Å². The van der Waals surface area contributed by atoms with E-state index in [-0.39, 0.29) is 6.10 Å². The largest absolute Gasteiger partial charge is 0.485 e. The smallest absolute Gasteiger partial charge is 0.271 e. The van der Waals surface area contributed by atoms with Crippen LogP contribution in [0.4, 0.5) is 0 Å². The van der Waals surface area contributed by atoms with E-state index >= 15 is 0 Å². The summed E-state index contributed by atoms with van der Waals surface area (Å²) >= 11 is 0. The van der Waals surface area contributed by atoms with Crippen molar-refractivity contribution in [2.45, 2.75) is 32.5 Å². The highest BCUT2D eigenvalue weighted by molar-refractivity contribution is 5.40. The molecular weight excluding hydrogens is 258 g/mol. The number of hydrogen-bond donors (Lipinski definition) is 1. The fraction of sp³-hybridized carbons (Fsp3) is 0.429. The van der Waals surface area contributed by atoms with E-state index in [2.05, 4.69) is 29.3 Å². The van der Waals surface area contributed by atoms with Gasteiger partial charge >= 0.3 is 0 Å². The minimum absolute atomic E-state index is 0.356. The Balaban J connectivity index is 1.69. The summed E-state index contributed by atoms with van der Waals surface area (Å²) in [5.74, 6) is 2.50. The molecule has 0 aliphatic carbocycles. The molecule has 1 aliphatic rings. The van der Waals surface area contributed by atoms with Crippen LogP contribution in [0.2, 0.25) is 0 Å². The summed E-state index contributed by atoms with van der Waals surface area (Å²) in [6.45, 7) is 5.08. The summed E-state index contributed by atoms with van der Waals surface area (Å²) in [6.07, 6.45) is -0.356. The molecule has 2 aromatic rings. The topological polar surface area (TPSA) is 69.4 Å². The van der Waals surface area contributed by atoms with E-state index in [0.717, 1.165) is 5.75 Å². The van der Waals surface area contributed by atoms with E-state index in [1.165, 1.54) is 0 Å². The van der Waals surface area contributed by atoms with Gasteiger partial charge in [-0.3, -0.25) is 0 Å². The van der Waals surface area contributed by atoms with Crippen molar-refractivity contribution in [3.8, 4) is 11.5 Å². The molecule has 1 unspecified atom stereocenters. The van der Waals surface area contributed by atoms with Crippen LogP contribution in [0.15, 0.2) is 28.8 Å². The number of nitrogens with one attached hydrogen (secondary N) is 1. The standard InChI is InChI=1S/C14H17N3O3/c1-9(2)15-7-13-16-14(20-17-13)12-8-18-10-5-3-4-6-11(10)19-12/h3-6,9,12,15H,7-8H2,1-2H3. The first-order valence-electron chi connectivity index (χ1n) is 6.66. The highest BCUT2D eigenvalue weighted by atomic mass is 16.6. The molecule has 20 heavy (non-hydrogen) atoms. The van der Waals surface area contributed by atoms with Crippen LogP contribution in [0.25, 0.3) is 0 Å². The van der Waals surface area contributed by atoms with Gasteiger partial charge in [0.05, 0.1) is 6.54 Å². The number of ether oxygens (including phenoxy) is 2. The van der Waals surface area contributed by atoms with Gasteiger partial charge in [0.15, 0.2) is 17.3 Å². The number of rotatable bonds is 4. The molecule has 2 heterocycles. The number of hydrogen-bond acceptors (Lipinski definition) is 6. The Bertz CT molecular complexity index is 583. The summed E-state index contributed by atoms with van der Waals surface area (Å²) in [5, 5.41) is 7.17. The number of aromatic nitrogens is 2. The van der Waals surface area contributed by atoms with Gasteiger partial charge in [-0.25, -0.2) is 0 Å². The fourth-order valence-corrected chi connectivity index (χ4v) is 1.91. The van der Waals surface area contributed by atoms with E-state index in [4.69, 9.17) is 14.0 Å². The van der Waals surface area contributed by atoms with E-state index in [1.807, 2.05) is 24.3 Å². The zero-order valence-corrected chi connectivity index (χ0v) is 11.5. The number of nitrogens with zero attached hydrogens (tertiary/aromatic N) is 2. The van der Waals surface area contributed by atoms with Gasteiger partial charge in [-0.2, -0.15) is 4.98 Å². The predicted octanol–water partition coefficient (Wildman–Crippen LogP) is 2.08. The summed E-state index contributed by atoms with van der Waals surface area (Å²) in [5.41, 5.74) is 0. The summed E-state index contributed by atoms with van der Waals surface area (Å²) in [4.78, 5) is 4.33. The van der Waals surface area contributed by atoms with Crippen LogP contribution in [-0.2, 0) is 6.54 Å². The Hall–Kier alpha value is -2.08. The Morgan fingerprint density at radius 1 is 1.30 bits per heavy atom. The predicted molar refractivity (Wildman–Crippen MR) is 71.6 cm³/mol. The molecule has 1 N–H and O–H groups in total. The molecule has 3 rings (SSSR count). The van der Waals surface area contributed by atoms with E-state index in [0.29, 0.717) is 36.7 Å². The summed E-state index contributed by atoms with van der Waals surface area (Å²) in [6, 6.07) is 7.91. The molecule has 0 saturated heterocycles. The molecule has 6 nitrogen and oxygen atoms in total. The highest BCUT2D eigenvalue weighted by Crippen LogP contribution is 2.35. The quantitative estimate of drug-likeness (QED) is 0.921. The van der Waals surface area contributed by atoms with Crippen LogP contribution in [0.5, 0.6) is 11.5 Å². The van der Waals surface area contributed by atoms with Gasteiger partial charge in [-0.15, -0.1) is 0 Å². The molecule has 6 heteroatoms. The molecule has 0 saturated carbocycles. The van der Waals surface area contributed by atoms with Crippen LogP contribution >= 0.6 is 0 Å². The van der Waals surface area contributed by atoms with Gasteiger partial charge in [0.25, 0.3) is 5.89 Å². The Morgan fingerprint density at radius 3 is 2.90 bits per heavy atom. The minimum atomic E-state index is -0.356. The van der Waals surface area contributed by atoms with Gasteiger partial charge in [0.1, 0.15) is 6.61 Å². The van der Waals surface area contributed by atoms with E-state index < -0.39 is 0 Å². The normalized spacial score (nSPS) is 17.4. The third-order valence-electron chi connectivity index (χ3n) is 2.94. The van der Waals surface area contributed by atoms with E-state index in [1.54, 1.807) is 0 Å². The lowest BCUT2D eigenvalue weighted by atomic mass is 10.2. The van der Waals surface area contributed by atoms with Crippen LogP contribution in [0.3, 0.4) is 0 Å². The van der Waals surface area contributed by atoms with Gasteiger partial charge < -0.3 is 19.3 Å². The van der Waals surface area contributed by atoms with Crippen LogP contribution in [0.1, 0.15) is 31.7 Å². The Kier molecular flexibility index (Phi) is 3.56. The number of benzene rings is 1. The molecule has 106 valence electrons. The molecule has 1 aromatic carbocycles. The first-order valence-corrected chi connectivity index (χ1v) is 6.66. The monoisotopic (exact) mass is 275 g/mol. The summed E-state index contributed by atoms with van der Waals surface area (Å²) in [7, 11) is 0. The fourth-order valence-electron chi connectivity index (χ4n) is 1.91. The average molecular weight is 275 g/mol. The van der Waals surface area contributed by atoms with Crippen molar-refractivity contribution in [1.82, 2.24) is 15.5 Å². The van der Waals surface area contributed by atoms with Gasteiger partial charge in [0.2, 0.25) is 6.10 Å². The molecule has 0 amide bonds. The zero-order valence-electron chi connectivity index (χ0n) is 11.5. The molecule has 1 aromatic heterocycles. The third kappa shape index (κ3) is 2.75. The molecule has 0 radical (unpaired) electrons. The average Bonchev–Trinajstić information content (AvgIpc) is 2.93. The van der Waals surface area contributed by atoms with Crippen molar-refractivity contribution in [2.24, 2.45) is 0 Å². The molecular formula is C14H17N3O3. The van der Waals surface area contributed by atoms with Crippen molar-refractivity contribution in [1.29, 1.82) is 0 Å². The zero-order chi connectivity index (χ0) is 13.9. The SMILES string of the molecule is CC(C)NCc1noc(C2COc3ccccc3O2)n1. The lowest BCUT2D eigenvalue weighted by Crippen LogP contribution is -2.23. The minimum Gasteiger partial charge on any atom is -0.485 e. The third-order valence-corrected chi connectivity index (χ3v) is 2.94. The van der Waals surface area contributed by atoms with Crippen molar-refractivity contribution < 1.29 is 14.0 Å². The maximum atomic E-state index is 5.82. The van der Waals surface area contributed by atoms with Crippen molar-refractivity contribution in [3.05, 3.63) is 36.0 Å². The lowest BCUT2D eigenvalue weighted by Gasteiger charge is -2.23. The second kappa shape index (κ2) is 5.50. The lowest BCUT2D eigenvalue weighted by molar-refractivity contribution is 0.0665. The van der Waals surface area contributed by atoms with Crippen LogP contribution in [-0.4, -0.2) is 22.8 Å². The van der Waals surface area contributed by atoms with Crippen molar-refractivity contribution >= 4 is 0 Å². The van der Waals surface area contributed by atoms with Crippen LogP contribution < -0.4 is 14.8 Å². The molecule has 0 spiro atoms. The molecule has 1 aliphatic heterocycles. The highest BCUT2D eigenvalue weighted by Gasteiger charge is 2.27. The van der Waals surface area contributed by atoms with Gasteiger partial charge in [-0.1, -0.05) is 31.1 Å². The number of para-hydroxylation sites is 2. The second-order valence-electron chi connectivity index (χ2n) is 4.95. The number of fused-ring (bicyclic) bond motifs is 1. The maximum Gasteiger partial charge on any atom is 0.271 e. The Labute approximate surface area is 117 Å². The first kappa shape index (κ1) is 12.9. The van der Waals surface area contributed by atoms with Gasteiger partial charge in [-0.05, 0) is 12.1 Å². The summed E-state index contributed by atoms with van der Waals surface area (Å²) < 4.78 is 16.7. The van der Waals surface area contributed by atoms with E-state index in [9.17, 15) is 0 Å². The molecule has 1 atom stereocenters. The Morgan fingerprint density at radius 2 is 2.10 bits per heavy atom. The van der Waals surface area contributed by atoms with Crippen molar-refractivity contribution in [2.75, 3.05) is 6.61 Å². The maximum absolute atomic E-state index is 5.82.